The average Bonchev–Trinajstić information content (AvgIpc) is 2.72. The standard InChI is InChI=1S/C11H14N2O4S/c1-7(14)8-6-18-11(12-8)13-9(15)4-2-3-5-10(16)17/h6H,2-5H2,1H3,(H,16,17)(H,12,13,15). The second-order valence-corrected chi connectivity index (χ2v) is 4.60. The lowest BCUT2D eigenvalue weighted by Gasteiger charge is -2.00. The number of unbranched alkanes of at least 4 members (excludes halogenated alkanes) is 1. The van der Waals surface area contributed by atoms with Crippen LogP contribution in [0.3, 0.4) is 0 Å². The fourth-order valence-electron chi connectivity index (χ4n) is 1.24. The van der Waals surface area contributed by atoms with Gasteiger partial charge in [0.2, 0.25) is 5.91 Å². The summed E-state index contributed by atoms with van der Waals surface area (Å²) in [5, 5.41) is 13.0. The van der Waals surface area contributed by atoms with E-state index < -0.39 is 5.97 Å². The van der Waals surface area contributed by atoms with E-state index in [1.54, 1.807) is 5.38 Å². The van der Waals surface area contributed by atoms with Crippen molar-refractivity contribution in [2.24, 2.45) is 0 Å². The first-order chi connectivity index (χ1) is 8.49. The molecule has 1 heterocycles. The van der Waals surface area contributed by atoms with Crippen LogP contribution in [-0.4, -0.2) is 27.8 Å². The maximum atomic E-state index is 11.5. The van der Waals surface area contributed by atoms with Crippen molar-refractivity contribution in [3.05, 3.63) is 11.1 Å². The summed E-state index contributed by atoms with van der Waals surface area (Å²) >= 11 is 1.19. The number of hydrogen-bond donors (Lipinski definition) is 2. The Morgan fingerprint density at radius 2 is 2.00 bits per heavy atom. The maximum Gasteiger partial charge on any atom is 0.303 e. The third-order valence-electron chi connectivity index (χ3n) is 2.16. The number of carbonyl (C=O) groups is 3. The molecular formula is C11H14N2O4S. The smallest absolute Gasteiger partial charge is 0.303 e. The Kier molecular flexibility index (Phi) is 5.44. The van der Waals surface area contributed by atoms with Gasteiger partial charge in [-0.2, -0.15) is 0 Å². The number of carbonyl (C=O) groups excluding carboxylic acids is 2. The normalized spacial score (nSPS) is 10.1. The first-order valence-corrected chi connectivity index (χ1v) is 6.35. The summed E-state index contributed by atoms with van der Waals surface area (Å²) in [5.41, 5.74) is 0.334. The average molecular weight is 270 g/mol. The summed E-state index contributed by atoms with van der Waals surface area (Å²) in [6, 6.07) is 0. The largest absolute Gasteiger partial charge is 0.481 e. The number of anilines is 1. The van der Waals surface area contributed by atoms with Crippen LogP contribution in [0.1, 0.15) is 43.1 Å². The van der Waals surface area contributed by atoms with Gasteiger partial charge in [0.15, 0.2) is 10.9 Å². The topological polar surface area (TPSA) is 96.4 Å². The highest BCUT2D eigenvalue weighted by molar-refractivity contribution is 7.14. The van der Waals surface area contributed by atoms with Crippen LogP contribution in [0.5, 0.6) is 0 Å². The Balaban J connectivity index is 2.31. The van der Waals surface area contributed by atoms with Crippen molar-refractivity contribution in [3.8, 4) is 0 Å². The van der Waals surface area contributed by atoms with Crippen molar-refractivity contribution in [1.82, 2.24) is 4.98 Å². The minimum atomic E-state index is -0.860. The molecule has 0 bridgehead atoms. The van der Waals surface area contributed by atoms with E-state index in [1.807, 2.05) is 0 Å². The van der Waals surface area contributed by atoms with E-state index >= 15 is 0 Å². The molecule has 0 spiro atoms. The minimum Gasteiger partial charge on any atom is -0.481 e. The summed E-state index contributed by atoms with van der Waals surface area (Å²) < 4.78 is 0. The van der Waals surface area contributed by atoms with E-state index in [2.05, 4.69) is 10.3 Å². The lowest BCUT2D eigenvalue weighted by atomic mass is 10.2. The molecule has 0 aromatic carbocycles. The predicted molar refractivity (Wildman–Crippen MR) is 66.9 cm³/mol. The second-order valence-electron chi connectivity index (χ2n) is 3.74. The predicted octanol–water partition coefficient (Wildman–Crippen LogP) is 1.93. The SMILES string of the molecule is CC(=O)c1csc(NC(=O)CCCCC(=O)O)n1. The first kappa shape index (κ1) is 14.3. The number of Topliss-reactive ketones (excluding diaryl/α,β-unsaturated/α-hetero) is 1. The molecule has 0 atom stereocenters. The van der Waals surface area contributed by atoms with Gasteiger partial charge in [-0.1, -0.05) is 0 Å². The lowest BCUT2D eigenvalue weighted by Crippen LogP contribution is -2.11. The van der Waals surface area contributed by atoms with E-state index in [9.17, 15) is 14.4 Å². The summed E-state index contributed by atoms with van der Waals surface area (Å²) in [6.07, 6.45) is 1.31. The molecule has 1 amide bonds. The quantitative estimate of drug-likeness (QED) is 0.583. The van der Waals surface area contributed by atoms with Crippen LogP contribution in [0.25, 0.3) is 0 Å². The molecule has 0 radical (unpaired) electrons. The van der Waals surface area contributed by atoms with Gasteiger partial charge >= 0.3 is 5.97 Å². The number of carboxylic acid groups (broad SMARTS) is 1. The molecule has 0 aliphatic heterocycles. The second kappa shape index (κ2) is 6.85. The molecule has 1 aromatic rings. The van der Waals surface area contributed by atoms with Crippen molar-refractivity contribution in [2.75, 3.05) is 5.32 Å². The zero-order valence-corrected chi connectivity index (χ0v) is 10.7. The maximum absolute atomic E-state index is 11.5. The van der Waals surface area contributed by atoms with Crippen LogP contribution in [0.2, 0.25) is 0 Å². The van der Waals surface area contributed by atoms with E-state index in [0.717, 1.165) is 0 Å². The van der Waals surface area contributed by atoms with E-state index in [4.69, 9.17) is 5.11 Å². The highest BCUT2D eigenvalue weighted by atomic mass is 32.1. The van der Waals surface area contributed by atoms with Crippen molar-refractivity contribution in [2.45, 2.75) is 32.6 Å². The molecule has 0 saturated carbocycles. The zero-order valence-electron chi connectivity index (χ0n) is 9.93. The minimum absolute atomic E-state index is 0.0685. The van der Waals surface area contributed by atoms with Gasteiger partial charge in [0.25, 0.3) is 0 Å². The number of rotatable bonds is 7. The summed E-state index contributed by atoms with van der Waals surface area (Å²) in [6.45, 7) is 1.41. The highest BCUT2D eigenvalue weighted by Gasteiger charge is 2.09. The molecule has 98 valence electrons. The van der Waals surface area contributed by atoms with Gasteiger partial charge in [0, 0.05) is 25.1 Å². The molecule has 0 aliphatic carbocycles. The molecule has 7 heteroatoms. The van der Waals surface area contributed by atoms with Crippen LogP contribution in [0.4, 0.5) is 5.13 Å². The Labute approximate surface area is 108 Å². The van der Waals surface area contributed by atoms with Crippen molar-refractivity contribution < 1.29 is 19.5 Å². The number of hydrogen-bond acceptors (Lipinski definition) is 5. The molecule has 1 rings (SSSR count). The Hall–Kier alpha value is -1.76. The summed E-state index contributed by atoms with van der Waals surface area (Å²) in [5.74, 6) is -1.22. The van der Waals surface area contributed by atoms with Gasteiger partial charge in [-0.05, 0) is 12.8 Å². The van der Waals surface area contributed by atoms with Gasteiger partial charge in [0.1, 0.15) is 5.69 Å². The van der Waals surface area contributed by atoms with Gasteiger partial charge in [-0.3, -0.25) is 14.4 Å². The first-order valence-electron chi connectivity index (χ1n) is 5.47. The van der Waals surface area contributed by atoms with Gasteiger partial charge in [0.05, 0.1) is 0 Å². The van der Waals surface area contributed by atoms with Crippen LogP contribution in [0, 0.1) is 0 Å². The monoisotopic (exact) mass is 270 g/mol. The van der Waals surface area contributed by atoms with E-state index in [1.165, 1.54) is 18.3 Å². The van der Waals surface area contributed by atoms with Gasteiger partial charge < -0.3 is 10.4 Å². The third kappa shape index (κ3) is 5.05. The Morgan fingerprint density at radius 3 is 2.56 bits per heavy atom. The fraction of sp³-hybridized carbons (Fsp3) is 0.455. The molecule has 0 aliphatic rings. The molecule has 0 unspecified atom stereocenters. The number of amides is 1. The van der Waals surface area contributed by atoms with Crippen LogP contribution < -0.4 is 5.32 Å². The molecular weight excluding hydrogens is 256 g/mol. The van der Waals surface area contributed by atoms with Crippen LogP contribution >= 0.6 is 11.3 Å². The number of aromatic nitrogens is 1. The van der Waals surface area contributed by atoms with E-state index in [0.29, 0.717) is 23.7 Å². The van der Waals surface area contributed by atoms with Crippen molar-refractivity contribution in [1.29, 1.82) is 0 Å². The van der Waals surface area contributed by atoms with Crippen molar-refractivity contribution >= 4 is 34.1 Å². The van der Waals surface area contributed by atoms with Gasteiger partial charge in [-0.15, -0.1) is 11.3 Å². The lowest BCUT2D eigenvalue weighted by molar-refractivity contribution is -0.137. The number of aliphatic carboxylic acids is 1. The number of thiazole rings is 1. The third-order valence-corrected chi connectivity index (χ3v) is 2.91. The van der Waals surface area contributed by atoms with Crippen LogP contribution in [0.15, 0.2) is 5.38 Å². The zero-order chi connectivity index (χ0) is 13.5. The number of carboxylic acids is 1. The highest BCUT2D eigenvalue weighted by Crippen LogP contribution is 2.16. The number of nitrogens with one attached hydrogen (secondary N) is 1. The molecule has 0 fully saturated rings. The molecule has 6 nitrogen and oxygen atoms in total. The van der Waals surface area contributed by atoms with E-state index in [-0.39, 0.29) is 24.5 Å². The summed E-state index contributed by atoms with van der Waals surface area (Å²) in [7, 11) is 0. The van der Waals surface area contributed by atoms with Crippen LogP contribution in [-0.2, 0) is 9.59 Å². The Bertz CT molecular complexity index is 456. The molecule has 2 N–H and O–H groups in total. The summed E-state index contributed by atoms with van der Waals surface area (Å²) in [4.78, 5) is 36.7. The van der Waals surface area contributed by atoms with Gasteiger partial charge in [-0.25, -0.2) is 4.98 Å². The number of ketones is 1. The molecule has 18 heavy (non-hydrogen) atoms. The fourth-order valence-corrected chi connectivity index (χ4v) is 2.00. The Morgan fingerprint density at radius 1 is 1.33 bits per heavy atom. The molecule has 0 saturated heterocycles. The van der Waals surface area contributed by atoms with Crippen molar-refractivity contribution in [3.63, 3.8) is 0 Å². The molecule has 1 aromatic heterocycles. The number of nitrogens with zero attached hydrogens (tertiary/aromatic N) is 1.